The van der Waals surface area contributed by atoms with Crippen molar-refractivity contribution in [2.75, 3.05) is 26.2 Å². The van der Waals surface area contributed by atoms with E-state index in [1.807, 2.05) is 0 Å². The van der Waals surface area contributed by atoms with Gasteiger partial charge in [0, 0.05) is 24.7 Å². The predicted molar refractivity (Wildman–Crippen MR) is 87.9 cm³/mol. The van der Waals surface area contributed by atoms with E-state index >= 15 is 0 Å². The molecule has 0 N–H and O–H groups in total. The smallest absolute Gasteiger partial charge is 0.338 e. The Morgan fingerprint density at radius 3 is 2.10 bits per heavy atom. The number of nitrogens with zero attached hydrogens (tertiary/aromatic N) is 1. The zero-order valence-electron chi connectivity index (χ0n) is 13.4. The standard InChI is InChI=1S/C17H26ClNO2/c1-13(2)11-19(12-14(3)4)9-10-21-17(20)15-5-7-16(18)8-6-15/h5-8,13-14H,9-12H2,1-4H3. The molecule has 4 heteroatoms. The van der Waals surface area contributed by atoms with Crippen LogP contribution in [0.4, 0.5) is 0 Å². The average molecular weight is 312 g/mol. The maximum atomic E-state index is 11.9. The Morgan fingerprint density at radius 2 is 1.62 bits per heavy atom. The topological polar surface area (TPSA) is 29.5 Å². The maximum Gasteiger partial charge on any atom is 0.338 e. The molecule has 0 amide bonds. The molecule has 0 radical (unpaired) electrons. The molecule has 0 atom stereocenters. The highest BCUT2D eigenvalue weighted by molar-refractivity contribution is 6.30. The number of hydrogen-bond acceptors (Lipinski definition) is 3. The molecular formula is C17H26ClNO2. The molecule has 1 aromatic rings. The minimum Gasteiger partial charge on any atom is -0.461 e. The van der Waals surface area contributed by atoms with Gasteiger partial charge >= 0.3 is 5.97 Å². The van der Waals surface area contributed by atoms with Gasteiger partial charge in [0.05, 0.1) is 5.56 Å². The number of rotatable bonds is 8. The third-order valence-corrected chi connectivity index (χ3v) is 3.22. The first-order valence-electron chi connectivity index (χ1n) is 7.53. The Hall–Kier alpha value is -1.06. The van der Waals surface area contributed by atoms with E-state index in [9.17, 15) is 4.79 Å². The molecule has 1 aromatic carbocycles. The molecule has 0 bridgehead atoms. The van der Waals surface area contributed by atoms with E-state index < -0.39 is 0 Å². The summed E-state index contributed by atoms with van der Waals surface area (Å²) in [6, 6.07) is 6.76. The van der Waals surface area contributed by atoms with Crippen molar-refractivity contribution in [2.45, 2.75) is 27.7 Å². The third kappa shape index (κ3) is 7.49. The second-order valence-electron chi connectivity index (χ2n) is 6.19. The second kappa shape index (κ2) is 9.06. The van der Waals surface area contributed by atoms with E-state index in [0.717, 1.165) is 19.6 Å². The van der Waals surface area contributed by atoms with Crippen LogP contribution in [-0.4, -0.2) is 37.1 Å². The van der Waals surface area contributed by atoms with Gasteiger partial charge in [0.15, 0.2) is 0 Å². The van der Waals surface area contributed by atoms with E-state index in [1.165, 1.54) is 0 Å². The Kier molecular flexibility index (Phi) is 7.76. The normalized spacial score (nSPS) is 11.4. The van der Waals surface area contributed by atoms with Crippen LogP contribution in [0.25, 0.3) is 0 Å². The molecule has 21 heavy (non-hydrogen) atoms. The summed E-state index contributed by atoms with van der Waals surface area (Å²) in [6.07, 6.45) is 0. The van der Waals surface area contributed by atoms with Crippen molar-refractivity contribution in [3.8, 4) is 0 Å². The van der Waals surface area contributed by atoms with E-state index in [4.69, 9.17) is 16.3 Å². The molecule has 0 aliphatic heterocycles. The van der Waals surface area contributed by atoms with Crippen LogP contribution in [-0.2, 0) is 4.74 Å². The van der Waals surface area contributed by atoms with Gasteiger partial charge in [-0.1, -0.05) is 39.3 Å². The average Bonchev–Trinajstić information content (AvgIpc) is 2.37. The summed E-state index contributed by atoms with van der Waals surface area (Å²) in [5.74, 6) is 0.923. The SMILES string of the molecule is CC(C)CN(CCOC(=O)c1ccc(Cl)cc1)CC(C)C. The van der Waals surface area contributed by atoms with Crippen LogP contribution in [0, 0.1) is 11.8 Å². The van der Waals surface area contributed by atoms with Gasteiger partial charge in [0.1, 0.15) is 6.61 Å². The Labute approximate surface area is 133 Å². The molecular weight excluding hydrogens is 286 g/mol. The van der Waals surface area contributed by atoms with Crippen LogP contribution in [0.1, 0.15) is 38.1 Å². The molecule has 118 valence electrons. The van der Waals surface area contributed by atoms with Crippen LogP contribution in [0.5, 0.6) is 0 Å². The molecule has 0 saturated carbocycles. The largest absolute Gasteiger partial charge is 0.461 e. The number of benzene rings is 1. The van der Waals surface area contributed by atoms with Gasteiger partial charge in [-0.3, -0.25) is 4.90 Å². The van der Waals surface area contributed by atoms with Crippen molar-refractivity contribution in [1.29, 1.82) is 0 Å². The molecule has 0 heterocycles. The molecule has 0 aliphatic carbocycles. The number of ether oxygens (including phenoxy) is 1. The Balaban J connectivity index is 2.41. The summed E-state index contributed by atoms with van der Waals surface area (Å²) >= 11 is 5.80. The molecule has 0 unspecified atom stereocenters. The van der Waals surface area contributed by atoms with Crippen LogP contribution >= 0.6 is 11.6 Å². The summed E-state index contributed by atoms with van der Waals surface area (Å²) in [7, 11) is 0. The number of halogens is 1. The van der Waals surface area contributed by atoms with Crippen molar-refractivity contribution in [3.63, 3.8) is 0 Å². The lowest BCUT2D eigenvalue weighted by Crippen LogP contribution is -2.34. The Bertz CT molecular complexity index is 419. The van der Waals surface area contributed by atoms with E-state index in [2.05, 4.69) is 32.6 Å². The monoisotopic (exact) mass is 311 g/mol. The van der Waals surface area contributed by atoms with Gasteiger partial charge in [-0.25, -0.2) is 4.79 Å². The summed E-state index contributed by atoms with van der Waals surface area (Å²) in [6.45, 7) is 12.0. The first-order chi connectivity index (χ1) is 9.88. The van der Waals surface area contributed by atoms with Crippen molar-refractivity contribution in [3.05, 3.63) is 34.9 Å². The molecule has 0 fully saturated rings. The van der Waals surface area contributed by atoms with E-state index in [1.54, 1.807) is 24.3 Å². The van der Waals surface area contributed by atoms with Gasteiger partial charge in [-0.05, 0) is 36.1 Å². The van der Waals surface area contributed by atoms with Gasteiger partial charge in [0.25, 0.3) is 0 Å². The third-order valence-electron chi connectivity index (χ3n) is 2.97. The summed E-state index contributed by atoms with van der Waals surface area (Å²) in [5.41, 5.74) is 0.540. The number of hydrogen-bond donors (Lipinski definition) is 0. The zero-order valence-corrected chi connectivity index (χ0v) is 14.2. The fraction of sp³-hybridized carbons (Fsp3) is 0.588. The first kappa shape index (κ1) is 18.0. The minimum absolute atomic E-state index is 0.291. The Morgan fingerprint density at radius 1 is 1.10 bits per heavy atom. The minimum atomic E-state index is -0.291. The van der Waals surface area contributed by atoms with Gasteiger partial charge in [-0.15, -0.1) is 0 Å². The molecule has 0 aromatic heterocycles. The maximum absolute atomic E-state index is 11.9. The van der Waals surface area contributed by atoms with Gasteiger partial charge < -0.3 is 4.74 Å². The molecule has 0 aliphatic rings. The van der Waals surface area contributed by atoms with Crippen molar-refractivity contribution >= 4 is 17.6 Å². The summed E-state index contributed by atoms with van der Waals surface area (Å²) in [5, 5.41) is 0.617. The van der Waals surface area contributed by atoms with Gasteiger partial charge in [0.2, 0.25) is 0 Å². The first-order valence-corrected chi connectivity index (χ1v) is 7.91. The predicted octanol–water partition coefficient (Wildman–Crippen LogP) is 4.11. The molecule has 1 rings (SSSR count). The van der Waals surface area contributed by atoms with E-state index in [-0.39, 0.29) is 5.97 Å². The zero-order chi connectivity index (χ0) is 15.8. The van der Waals surface area contributed by atoms with Crippen molar-refractivity contribution < 1.29 is 9.53 Å². The molecule has 0 saturated heterocycles. The number of carbonyl (C=O) groups is 1. The fourth-order valence-corrected chi connectivity index (χ4v) is 2.35. The van der Waals surface area contributed by atoms with Gasteiger partial charge in [-0.2, -0.15) is 0 Å². The summed E-state index contributed by atoms with van der Waals surface area (Å²) in [4.78, 5) is 14.2. The highest BCUT2D eigenvalue weighted by atomic mass is 35.5. The second-order valence-corrected chi connectivity index (χ2v) is 6.63. The summed E-state index contributed by atoms with van der Waals surface area (Å²) < 4.78 is 5.34. The highest BCUT2D eigenvalue weighted by Crippen LogP contribution is 2.10. The molecule has 3 nitrogen and oxygen atoms in total. The van der Waals surface area contributed by atoms with Crippen LogP contribution in [0.2, 0.25) is 5.02 Å². The molecule has 0 spiro atoms. The number of esters is 1. The fourth-order valence-electron chi connectivity index (χ4n) is 2.23. The van der Waals surface area contributed by atoms with Crippen LogP contribution in [0.3, 0.4) is 0 Å². The van der Waals surface area contributed by atoms with Crippen LogP contribution < -0.4 is 0 Å². The van der Waals surface area contributed by atoms with Crippen molar-refractivity contribution in [1.82, 2.24) is 4.90 Å². The lowest BCUT2D eigenvalue weighted by atomic mass is 10.1. The quantitative estimate of drug-likeness (QED) is 0.677. The van der Waals surface area contributed by atoms with E-state index in [0.29, 0.717) is 29.0 Å². The number of carbonyl (C=O) groups excluding carboxylic acids is 1. The van der Waals surface area contributed by atoms with Crippen molar-refractivity contribution in [2.24, 2.45) is 11.8 Å². The van der Waals surface area contributed by atoms with Crippen LogP contribution in [0.15, 0.2) is 24.3 Å². The lowest BCUT2D eigenvalue weighted by molar-refractivity contribution is 0.0450. The highest BCUT2D eigenvalue weighted by Gasteiger charge is 2.11. The lowest BCUT2D eigenvalue weighted by Gasteiger charge is -2.25.